The summed E-state index contributed by atoms with van der Waals surface area (Å²) in [6.45, 7) is 2.71. The molecule has 0 saturated heterocycles. The van der Waals surface area contributed by atoms with Crippen LogP contribution in [0.3, 0.4) is 0 Å². The molecule has 0 spiro atoms. The van der Waals surface area contributed by atoms with Crippen molar-refractivity contribution in [1.29, 1.82) is 0 Å². The maximum Gasteiger partial charge on any atom is 0.264 e. The number of para-hydroxylation sites is 2. The van der Waals surface area contributed by atoms with Gasteiger partial charge in [-0.05, 0) is 42.8 Å². The molecule has 0 bridgehead atoms. The van der Waals surface area contributed by atoms with Crippen LogP contribution in [0.4, 0.5) is 11.5 Å². The molecule has 0 atom stereocenters. The molecule has 30 heavy (non-hydrogen) atoms. The molecule has 0 saturated carbocycles. The first-order valence-electron chi connectivity index (χ1n) is 9.43. The van der Waals surface area contributed by atoms with Crippen LogP contribution in [0.2, 0.25) is 0 Å². The minimum Gasteiger partial charge on any atom is -0.495 e. The number of rotatable bonds is 8. The number of anilines is 2. The molecular weight excluding hydrogens is 404 g/mol. The first-order valence-corrected chi connectivity index (χ1v) is 10.9. The van der Waals surface area contributed by atoms with Crippen LogP contribution < -0.4 is 14.4 Å². The number of carbonyl (C=O) groups is 1. The molecule has 1 N–H and O–H groups in total. The normalized spacial score (nSPS) is 11.2. The minimum absolute atomic E-state index is 0.0727. The average Bonchev–Trinajstić information content (AvgIpc) is 3.20. The van der Waals surface area contributed by atoms with E-state index in [9.17, 15) is 13.2 Å². The predicted octanol–water partition coefficient (Wildman–Crippen LogP) is 3.38. The van der Waals surface area contributed by atoms with Gasteiger partial charge in [0.1, 0.15) is 11.6 Å². The number of benzene rings is 2. The molecule has 3 aromatic rings. The predicted molar refractivity (Wildman–Crippen MR) is 115 cm³/mol. The molecule has 0 aliphatic carbocycles. The lowest BCUT2D eigenvalue weighted by Crippen LogP contribution is -2.27. The Labute approximate surface area is 176 Å². The number of aromatic nitrogens is 2. The molecule has 9 heteroatoms. The van der Waals surface area contributed by atoms with E-state index in [1.807, 2.05) is 6.92 Å². The number of nitrogens with one attached hydrogen (secondary N) is 1. The van der Waals surface area contributed by atoms with E-state index in [1.165, 1.54) is 38.4 Å². The van der Waals surface area contributed by atoms with E-state index >= 15 is 0 Å². The topological polar surface area (TPSA) is 93.5 Å². The highest BCUT2D eigenvalue weighted by atomic mass is 32.2. The molecule has 1 aromatic heterocycles. The average molecular weight is 429 g/mol. The second-order valence-electron chi connectivity index (χ2n) is 6.56. The van der Waals surface area contributed by atoms with Gasteiger partial charge < -0.3 is 10.1 Å². The van der Waals surface area contributed by atoms with Gasteiger partial charge in [0.2, 0.25) is 0 Å². The Balaban J connectivity index is 1.80. The third kappa shape index (κ3) is 4.30. The Hall–Kier alpha value is -3.33. The highest BCUT2D eigenvalue weighted by Crippen LogP contribution is 2.30. The summed E-state index contributed by atoms with van der Waals surface area (Å²) in [5, 5.41) is 6.97. The van der Waals surface area contributed by atoms with Crippen molar-refractivity contribution in [2.45, 2.75) is 24.8 Å². The van der Waals surface area contributed by atoms with Crippen molar-refractivity contribution in [2.75, 3.05) is 23.8 Å². The van der Waals surface area contributed by atoms with E-state index in [1.54, 1.807) is 41.2 Å². The van der Waals surface area contributed by atoms with Gasteiger partial charge in [-0.3, -0.25) is 9.10 Å². The molecule has 2 aromatic carbocycles. The first-order chi connectivity index (χ1) is 14.4. The van der Waals surface area contributed by atoms with Crippen molar-refractivity contribution in [1.82, 2.24) is 9.78 Å². The largest absolute Gasteiger partial charge is 0.495 e. The Morgan fingerprint density at radius 2 is 1.83 bits per heavy atom. The monoisotopic (exact) mass is 428 g/mol. The SMILES string of the molecule is CCCn1nccc1NC(=O)c1ccc(S(=O)(=O)N(C)c2ccccc2OC)cc1. The summed E-state index contributed by atoms with van der Waals surface area (Å²) in [6, 6.07) is 14.4. The number of aryl methyl sites for hydroxylation is 1. The zero-order valence-electron chi connectivity index (χ0n) is 17.1. The van der Waals surface area contributed by atoms with Crippen LogP contribution in [0.25, 0.3) is 0 Å². The van der Waals surface area contributed by atoms with Crippen LogP contribution >= 0.6 is 0 Å². The fourth-order valence-corrected chi connectivity index (χ4v) is 4.18. The van der Waals surface area contributed by atoms with Gasteiger partial charge in [-0.1, -0.05) is 19.1 Å². The first kappa shape index (κ1) is 21.4. The third-order valence-corrected chi connectivity index (χ3v) is 6.38. The lowest BCUT2D eigenvalue weighted by atomic mass is 10.2. The highest BCUT2D eigenvalue weighted by molar-refractivity contribution is 7.92. The van der Waals surface area contributed by atoms with E-state index in [2.05, 4.69) is 10.4 Å². The van der Waals surface area contributed by atoms with Gasteiger partial charge in [0, 0.05) is 25.2 Å². The van der Waals surface area contributed by atoms with Gasteiger partial charge in [0.15, 0.2) is 0 Å². The van der Waals surface area contributed by atoms with Crippen LogP contribution in [0.1, 0.15) is 23.7 Å². The second kappa shape index (κ2) is 9.00. The molecule has 158 valence electrons. The number of hydrogen-bond donors (Lipinski definition) is 1. The molecule has 1 amide bonds. The number of amides is 1. The fraction of sp³-hybridized carbons (Fsp3) is 0.238. The van der Waals surface area contributed by atoms with Crippen molar-refractivity contribution in [3.8, 4) is 5.75 Å². The Morgan fingerprint density at radius 3 is 2.50 bits per heavy atom. The van der Waals surface area contributed by atoms with E-state index in [4.69, 9.17) is 4.74 Å². The molecular formula is C21H24N4O4S. The van der Waals surface area contributed by atoms with Crippen LogP contribution in [0.15, 0.2) is 65.7 Å². The Morgan fingerprint density at radius 1 is 1.13 bits per heavy atom. The van der Waals surface area contributed by atoms with Gasteiger partial charge in [-0.15, -0.1) is 0 Å². The minimum atomic E-state index is -3.82. The van der Waals surface area contributed by atoms with Crippen LogP contribution in [-0.2, 0) is 16.6 Å². The summed E-state index contributed by atoms with van der Waals surface area (Å²) >= 11 is 0. The maximum absolute atomic E-state index is 13.0. The van der Waals surface area contributed by atoms with E-state index in [0.717, 1.165) is 10.7 Å². The van der Waals surface area contributed by atoms with Gasteiger partial charge in [-0.25, -0.2) is 13.1 Å². The molecule has 0 fully saturated rings. The number of sulfonamides is 1. The van der Waals surface area contributed by atoms with Crippen molar-refractivity contribution < 1.29 is 17.9 Å². The zero-order valence-corrected chi connectivity index (χ0v) is 17.9. The number of nitrogens with zero attached hydrogens (tertiary/aromatic N) is 3. The quantitative estimate of drug-likeness (QED) is 0.594. The van der Waals surface area contributed by atoms with Crippen molar-refractivity contribution in [3.63, 3.8) is 0 Å². The standard InChI is InChI=1S/C21H24N4O4S/c1-4-15-25-20(13-14-22-25)23-21(26)16-9-11-17(12-10-16)30(27,28)24(2)18-7-5-6-8-19(18)29-3/h5-14H,4,15H2,1-3H3,(H,23,26). The molecule has 0 unspecified atom stereocenters. The summed E-state index contributed by atoms with van der Waals surface area (Å²) in [7, 11) is -0.877. The van der Waals surface area contributed by atoms with Gasteiger partial charge in [0.25, 0.3) is 15.9 Å². The highest BCUT2D eigenvalue weighted by Gasteiger charge is 2.24. The number of methoxy groups -OCH3 is 1. The molecule has 0 radical (unpaired) electrons. The Kier molecular flexibility index (Phi) is 6.41. The maximum atomic E-state index is 13.0. The molecule has 1 heterocycles. The number of hydrogen-bond acceptors (Lipinski definition) is 5. The van der Waals surface area contributed by atoms with E-state index in [0.29, 0.717) is 29.4 Å². The summed E-state index contributed by atoms with van der Waals surface area (Å²) in [4.78, 5) is 12.6. The van der Waals surface area contributed by atoms with Crippen LogP contribution in [-0.4, -0.2) is 38.3 Å². The Bertz CT molecular complexity index is 1120. The molecule has 8 nitrogen and oxygen atoms in total. The van der Waals surface area contributed by atoms with Crippen molar-refractivity contribution in [3.05, 3.63) is 66.4 Å². The molecule has 0 aliphatic rings. The summed E-state index contributed by atoms with van der Waals surface area (Å²) in [5.74, 6) is 0.701. The molecule has 0 aliphatic heterocycles. The van der Waals surface area contributed by atoms with Crippen molar-refractivity contribution in [2.24, 2.45) is 0 Å². The molecule has 3 rings (SSSR count). The van der Waals surface area contributed by atoms with Gasteiger partial charge >= 0.3 is 0 Å². The van der Waals surface area contributed by atoms with Crippen LogP contribution in [0, 0.1) is 0 Å². The lowest BCUT2D eigenvalue weighted by Gasteiger charge is -2.21. The summed E-state index contributed by atoms with van der Waals surface area (Å²) < 4.78 is 34.1. The third-order valence-electron chi connectivity index (χ3n) is 4.59. The van der Waals surface area contributed by atoms with Gasteiger partial charge in [-0.2, -0.15) is 5.10 Å². The second-order valence-corrected chi connectivity index (χ2v) is 8.53. The van der Waals surface area contributed by atoms with E-state index < -0.39 is 10.0 Å². The van der Waals surface area contributed by atoms with Gasteiger partial charge in [0.05, 0.1) is 23.9 Å². The number of carbonyl (C=O) groups excluding carboxylic acids is 1. The number of ether oxygens (including phenoxy) is 1. The van der Waals surface area contributed by atoms with E-state index in [-0.39, 0.29) is 10.8 Å². The summed E-state index contributed by atoms with van der Waals surface area (Å²) in [6.07, 6.45) is 2.51. The smallest absolute Gasteiger partial charge is 0.264 e. The van der Waals surface area contributed by atoms with Crippen LogP contribution in [0.5, 0.6) is 5.75 Å². The zero-order chi connectivity index (χ0) is 21.7. The lowest BCUT2D eigenvalue weighted by molar-refractivity contribution is 0.102. The van der Waals surface area contributed by atoms with Crippen molar-refractivity contribution >= 4 is 27.4 Å². The summed E-state index contributed by atoms with van der Waals surface area (Å²) in [5.41, 5.74) is 0.768. The fourth-order valence-electron chi connectivity index (χ4n) is 2.97.